The molecule has 1 heterocycles. The lowest BCUT2D eigenvalue weighted by Gasteiger charge is -2.30. The van der Waals surface area contributed by atoms with Gasteiger partial charge in [0.05, 0.1) is 24.6 Å². The van der Waals surface area contributed by atoms with Crippen LogP contribution in [-0.2, 0) is 16.0 Å². The van der Waals surface area contributed by atoms with Gasteiger partial charge in [-0.05, 0) is 24.1 Å². The van der Waals surface area contributed by atoms with Crippen LogP contribution < -0.4 is 10.2 Å². The lowest BCUT2D eigenvalue weighted by atomic mass is 10.0. The Bertz CT molecular complexity index is 780. The fraction of sp³-hybridized carbons (Fsp3) is 0.364. The van der Waals surface area contributed by atoms with E-state index in [0.717, 1.165) is 30.9 Å². The fourth-order valence-electron chi connectivity index (χ4n) is 3.17. The number of rotatable bonds is 7. The van der Waals surface area contributed by atoms with E-state index < -0.39 is 0 Å². The Kier molecular flexibility index (Phi) is 6.60. The number of aryl methyl sites for hydroxylation is 1. The molecule has 0 unspecified atom stereocenters. The van der Waals surface area contributed by atoms with E-state index in [2.05, 4.69) is 17.1 Å². The van der Waals surface area contributed by atoms with Crippen LogP contribution in [0.2, 0.25) is 0 Å². The van der Waals surface area contributed by atoms with Crippen LogP contribution in [0.1, 0.15) is 35.7 Å². The van der Waals surface area contributed by atoms with Gasteiger partial charge < -0.3 is 15.0 Å². The lowest BCUT2D eigenvalue weighted by molar-refractivity contribution is -0.116. The second kappa shape index (κ2) is 9.33. The standard InChI is InChI=1S/C22H26N2O3/c1-2-17-7-9-18(10-8-17)21(25)11-12-22(26)23-19-5-3-4-6-20(19)24-13-15-27-16-14-24/h3-10H,2,11-16H2,1H3,(H,23,26). The summed E-state index contributed by atoms with van der Waals surface area (Å²) in [7, 11) is 0. The van der Waals surface area contributed by atoms with Crippen molar-refractivity contribution in [2.45, 2.75) is 26.2 Å². The van der Waals surface area contributed by atoms with E-state index in [9.17, 15) is 9.59 Å². The van der Waals surface area contributed by atoms with Crippen LogP contribution in [0.15, 0.2) is 48.5 Å². The highest BCUT2D eigenvalue weighted by Crippen LogP contribution is 2.26. The molecule has 1 aliphatic rings. The van der Waals surface area contributed by atoms with Gasteiger partial charge in [0.25, 0.3) is 0 Å². The molecule has 2 aromatic rings. The average Bonchev–Trinajstić information content (AvgIpc) is 2.73. The molecule has 0 bridgehead atoms. The predicted molar refractivity (Wildman–Crippen MR) is 107 cm³/mol. The normalized spacial score (nSPS) is 14.0. The van der Waals surface area contributed by atoms with E-state index in [0.29, 0.717) is 18.8 Å². The number of para-hydroxylation sites is 2. The second-order valence-electron chi connectivity index (χ2n) is 6.64. The number of carbonyl (C=O) groups is 2. The third-order valence-electron chi connectivity index (χ3n) is 4.79. The molecular weight excluding hydrogens is 340 g/mol. The second-order valence-corrected chi connectivity index (χ2v) is 6.64. The van der Waals surface area contributed by atoms with E-state index in [-0.39, 0.29) is 24.5 Å². The van der Waals surface area contributed by atoms with Crippen molar-refractivity contribution in [1.29, 1.82) is 0 Å². The Morgan fingerprint density at radius 1 is 1.00 bits per heavy atom. The molecule has 0 radical (unpaired) electrons. The van der Waals surface area contributed by atoms with Gasteiger partial charge in [-0.2, -0.15) is 0 Å². The summed E-state index contributed by atoms with van der Waals surface area (Å²) in [6.07, 6.45) is 1.32. The van der Waals surface area contributed by atoms with Gasteiger partial charge in [-0.15, -0.1) is 0 Å². The van der Waals surface area contributed by atoms with Gasteiger partial charge in [-0.25, -0.2) is 0 Å². The summed E-state index contributed by atoms with van der Waals surface area (Å²) in [5.74, 6) is -0.150. The third-order valence-corrected chi connectivity index (χ3v) is 4.79. The number of hydrogen-bond acceptors (Lipinski definition) is 4. The van der Waals surface area contributed by atoms with Crippen molar-refractivity contribution >= 4 is 23.1 Å². The number of ketones is 1. The zero-order chi connectivity index (χ0) is 19.1. The smallest absolute Gasteiger partial charge is 0.224 e. The predicted octanol–water partition coefficient (Wildman–Crippen LogP) is 3.69. The topological polar surface area (TPSA) is 58.6 Å². The molecule has 1 amide bonds. The van der Waals surface area contributed by atoms with Crippen molar-refractivity contribution in [3.63, 3.8) is 0 Å². The number of carbonyl (C=O) groups excluding carboxylic acids is 2. The van der Waals surface area contributed by atoms with Crippen molar-refractivity contribution in [2.24, 2.45) is 0 Å². The molecule has 0 saturated carbocycles. The van der Waals surface area contributed by atoms with Crippen molar-refractivity contribution in [1.82, 2.24) is 0 Å². The van der Waals surface area contributed by atoms with Crippen molar-refractivity contribution in [3.05, 3.63) is 59.7 Å². The third kappa shape index (κ3) is 5.17. The van der Waals surface area contributed by atoms with Crippen LogP contribution in [0.3, 0.4) is 0 Å². The first-order valence-corrected chi connectivity index (χ1v) is 9.51. The molecule has 1 saturated heterocycles. The summed E-state index contributed by atoms with van der Waals surface area (Å²) in [6, 6.07) is 15.4. The summed E-state index contributed by atoms with van der Waals surface area (Å²) in [6.45, 7) is 5.06. The van der Waals surface area contributed by atoms with Gasteiger partial charge in [0.2, 0.25) is 5.91 Å². The summed E-state index contributed by atoms with van der Waals surface area (Å²) in [4.78, 5) is 26.9. The maximum atomic E-state index is 12.4. The monoisotopic (exact) mass is 366 g/mol. The SMILES string of the molecule is CCc1ccc(C(=O)CCC(=O)Nc2ccccc2N2CCOCC2)cc1. The van der Waals surface area contributed by atoms with Crippen molar-refractivity contribution in [2.75, 3.05) is 36.5 Å². The zero-order valence-electron chi connectivity index (χ0n) is 15.7. The molecule has 0 spiro atoms. The van der Waals surface area contributed by atoms with Crippen molar-refractivity contribution < 1.29 is 14.3 Å². The zero-order valence-corrected chi connectivity index (χ0v) is 15.7. The van der Waals surface area contributed by atoms with Gasteiger partial charge in [0.15, 0.2) is 5.78 Å². The molecule has 1 N–H and O–H groups in total. The molecule has 0 aliphatic carbocycles. The minimum absolute atomic E-state index is 0.00531. The summed E-state index contributed by atoms with van der Waals surface area (Å²) in [5.41, 5.74) is 3.64. The highest BCUT2D eigenvalue weighted by atomic mass is 16.5. The van der Waals surface area contributed by atoms with Crippen LogP contribution in [-0.4, -0.2) is 38.0 Å². The summed E-state index contributed by atoms with van der Waals surface area (Å²) < 4.78 is 5.40. The van der Waals surface area contributed by atoms with E-state index in [4.69, 9.17) is 4.74 Å². The van der Waals surface area contributed by atoms with E-state index >= 15 is 0 Å². The Hall–Kier alpha value is -2.66. The minimum Gasteiger partial charge on any atom is -0.378 e. The molecule has 1 aliphatic heterocycles. The summed E-state index contributed by atoms with van der Waals surface area (Å²) in [5, 5.41) is 2.96. The van der Waals surface area contributed by atoms with E-state index in [1.54, 1.807) is 0 Å². The number of morpholine rings is 1. The van der Waals surface area contributed by atoms with Gasteiger partial charge in [-0.3, -0.25) is 9.59 Å². The Balaban J connectivity index is 1.57. The van der Waals surface area contributed by atoms with Crippen LogP contribution in [0.4, 0.5) is 11.4 Å². The molecule has 3 rings (SSSR count). The largest absolute Gasteiger partial charge is 0.378 e. The van der Waals surface area contributed by atoms with Crippen LogP contribution in [0, 0.1) is 0 Å². The molecule has 5 heteroatoms. The first kappa shape index (κ1) is 19.1. The molecule has 0 aromatic heterocycles. The number of nitrogens with one attached hydrogen (secondary N) is 1. The van der Waals surface area contributed by atoms with E-state index in [1.807, 2.05) is 48.5 Å². The Morgan fingerprint density at radius 3 is 2.41 bits per heavy atom. The minimum atomic E-state index is -0.144. The Morgan fingerprint density at radius 2 is 1.70 bits per heavy atom. The van der Waals surface area contributed by atoms with Crippen molar-refractivity contribution in [3.8, 4) is 0 Å². The number of Topliss-reactive ketones (excluding diaryl/α,β-unsaturated/α-hetero) is 1. The molecule has 27 heavy (non-hydrogen) atoms. The quantitative estimate of drug-likeness (QED) is 0.760. The number of ether oxygens (including phenoxy) is 1. The van der Waals surface area contributed by atoms with E-state index in [1.165, 1.54) is 5.56 Å². The van der Waals surface area contributed by atoms with Gasteiger partial charge in [-0.1, -0.05) is 43.3 Å². The maximum absolute atomic E-state index is 12.4. The van der Waals surface area contributed by atoms with Crippen LogP contribution >= 0.6 is 0 Å². The average molecular weight is 366 g/mol. The fourth-order valence-corrected chi connectivity index (χ4v) is 3.17. The molecule has 2 aromatic carbocycles. The highest BCUT2D eigenvalue weighted by Gasteiger charge is 2.16. The number of amides is 1. The lowest BCUT2D eigenvalue weighted by Crippen LogP contribution is -2.36. The van der Waals surface area contributed by atoms with Crippen LogP contribution in [0.25, 0.3) is 0 Å². The highest BCUT2D eigenvalue weighted by molar-refractivity contribution is 6.00. The first-order chi connectivity index (χ1) is 13.2. The molecular formula is C22H26N2O3. The maximum Gasteiger partial charge on any atom is 0.224 e. The molecule has 0 atom stereocenters. The number of hydrogen-bond donors (Lipinski definition) is 1. The van der Waals surface area contributed by atoms with Gasteiger partial charge in [0.1, 0.15) is 0 Å². The number of nitrogens with zero attached hydrogens (tertiary/aromatic N) is 1. The van der Waals surface area contributed by atoms with Gasteiger partial charge in [0, 0.05) is 31.5 Å². The van der Waals surface area contributed by atoms with Gasteiger partial charge >= 0.3 is 0 Å². The Labute approximate surface area is 160 Å². The first-order valence-electron chi connectivity index (χ1n) is 9.51. The summed E-state index contributed by atoms with van der Waals surface area (Å²) >= 11 is 0. The molecule has 5 nitrogen and oxygen atoms in total. The molecule has 142 valence electrons. The number of anilines is 2. The van der Waals surface area contributed by atoms with Crippen LogP contribution in [0.5, 0.6) is 0 Å². The number of benzene rings is 2. The molecule has 1 fully saturated rings.